The van der Waals surface area contributed by atoms with E-state index in [9.17, 15) is 0 Å². The molecule has 0 unspecified atom stereocenters. The third kappa shape index (κ3) is 7.50. The summed E-state index contributed by atoms with van der Waals surface area (Å²) in [5, 5.41) is 2.17. The molecule has 0 saturated carbocycles. The Morgan fingerprint density at radius 2 is 1.29 bits per heavy atom. The lowest BCUT2D eigenvalue weighted by Gasteiger charge is -2.04. The summed E-state index contributed by atoms with van der Waals surface area (Å²) in [7, 11) is 0. The fourth-order valence-corrected chi connectivity index (χ4v) is 3.21. The van der Waals surface area contributed by atoms with E-state index < -0.39 is 0 Å². The molecular formula is C16H20N2OS2. The summed E-state index contributed by atoms with van der Waals surface area (Å²) in [4.78, 5) is 8.56. The van der Waals surface area contributed by atoms with Crippen LogP contribution in [0, 0.1) is 0 Å². The molecular weight excluding hydrogens is 300 g/mol. The lowest BCUT2D eigenvalue weighted by molar-refractivity contribution is 0.137. The van der Waals surface area contributed by atoms with Crippen molar-refractivity contribution in [1.82, 2.24) is 9.97 Å². The van der Waals surface area contributed by atoms with Gasteiger partial charge in [-0.2, -0.15) is 0 Å². The van der Waals surface area contributed by atoms with Gasteiger partial charge in [0, 0.05) is 37.1 Å². The van der Waals surface area contributed by atoms with Crippen LogP contribution in [0.1, 0.15) is 12.8 Å². The van der Waals surface area contributed by atoms with Crippen LogP contribution in [0.25, 0.3) is 0 Å². The van der Waals surface area contributed by atoms with Crippen molar-refractivity contribution in [3.8, 4) is 0 Å². The van der Waals surface area contributed by atoms with Crippen molar-refractivity contribution in [2.45, 2.75) is 22.9 Å². The van der Waals surface area contributed by atoms with Gasteiger partial charge in [-0.3, -0.25) is 0 Å². The summed E-state index contributed by atoms with van der Waals surface area (Å²) in [5.41, 5.74) is 0. The van der Waals surface area contributed by atoms with Crippen LogP contribution in [0.3, 0.4) is 0 Å². The molecule has 0 radical (unpaired) electrons. The van der Waals surface area contributed by atoms with E-state index in [0.29, 0.717) is 0 Å². The van der Waals surface area contributed by atoms with Crippen molar-refractivity contribution in [2.24, 2.45) is 0 Å². The maximum Gasteiger partial charge on any atom is 0.0959 e. The average Bonchev–Trinajstić information content (AvgIpc) is 2.55. The summed E-state index contributed by atoms with van der Waals surface area (Å²) in [6.07, 6.45) is 5.79. The maximum atomic E-state index is 5.64. The second kappa shape index (κ2) is 10.7. The summed E-state index contributed by atoms with van der Waals surface area (Å²) in [6, 6.07) is 12.0. The maximum absolute atomic E-state index is 5.64. The molecule has 0 N–H and O–H groups in total. The summed E-state index contributed by atoms with van der Waals surface area (Å²) < 4.78 is 5.64. The Kier molecular flexibility index (Phi) is 8.29. The number of hydrogen-bond donors (Lipinski definition) is 0. The fourth-order valence-electron chi connectivity index (χ4n) is 1.64. The first-order chi connectivity index (χ1) is 10.4. The van der Waals surface area contributed by atoms with E-state index in [1.807, 2.05) is 48.8 Å². The molecule has 0 amide bonds. The van der Waals surface area contributed by atoms with Crippen molar-refractivity contribution in [2.75, 3.05) is 24.7 Å². The lowest BCUT2D eigenvalue weighted by atomic mass is 10.5. The van der Waals surface area contributed by atoms with Gasteiger partial charge >= 0.3 is 0 Å². The van der Waals surface area contributed by atoms with Crippen LogP contribution in [-0.4, -0.2) is 34.7 Å². The summed E-state index contributed by atoms with van der Waals surface area (Å²) in [5.74, 6) is 2.11. The molecule has 0 bridgehead atoms. The normalized spacial score (nSPS) is 10.7. The smallest absolute Gasteiger partial charge is 0.0959 e. The number of ether oxygens (including phenoxy) is 1. The van der Waals surface area contributed by atoms with E-state index in [-0.39, 0.29) is 0 Å². The molecule has 0 aliphatic carbocycles. The second-order valence-corrected chi connectivity index (χ2v) is 6.58. The standard InChI is InChI=1S/C16H20N2OS2/c1-3-9-17-15(7-1)20-13-5-11-19-12-6-14-21-16-8-2-4-10-18-16/h1-4,7-10H,5-6,11-14H2. The molecule has 2 aromatic heterocycles. The van der Waals surface area contributed by atoms with Gasteiger partial charge in [-0.25, -0.2) is 9.97 Å². The molecule has 0 spiro atoms. The molecule has 5 heteroatoms. The molecule has 0 aliphatic rings. The highest BCUT2D eigenvalue weighted by Gasteiger charge is 1.96. The SMILES string of the molecule is c1ccc(SCCCOCCCSc2ccccn2)nc1. The third-order valence-electron chi connectivity index (χ3n) is 2.64. The Morgan fingerprint density at radius 1 is 0.762 bits per heavy atom. The highest BCUT2D eigenvalue weighted by Crippen LogP contribution is 2.16. The first kappa shape index (κ1) is 16.3. The van der Waals surface area contributed by atoms with Gasteiger partial charge in [0.05, 0.1) is 10.1 Å². The van der Waals surface area contributed by atoms with Crippen molar-refractivity contribution in [3.05, 3.63) is 48.8 Å². The van der Waals surface area contributed by atoms with Crippen molar-refractivity contribution < 1.29 is 4.74 Å². The lowest BCUT2D eigenvalue weighted by Crippen LogP contribution is -1.99. The van der Waals surface area contributed by atoms with Crippen LogP contribution >= 0.6 is 23.5 Å². The van der Waals surface area contributed by atoms with Gasteiger partial charge in [0.25, 0.3) is 0 Å². The molecule has 3 nitrogen and oxygen atoms in total. The first-order valence-electron chi connectivity index (χ1n) is 7.10. The van der Waals surface area contributed by atoms with E-state index in [1.54, 1.807) is 23.5 Å². The zero-order valence-electron chi connectivity index (χ0n) is 12.0. The predicted molar refractivity (Wildman–Crippen MR) is 90.0 cm³/mol. The van der Waals surface area contributed by atoms with Crippen molar-refractivity contribution in [1.29, 1.82) is 0 Å². The number of nitrogens with zero attached hydrogens (tertiary/aromatic N) is 2. The van der Waals surface area contributed by atoms with Crippen LogP contribution in [0.5, 0.6) is 0 Å². The molecule has 2 heterocycles. The molecule has 0 atom stereocenters. The van der Waals surface area contributed by atoms with Gasteiger partial charge in [-0.05, 0) is 37.1 Å². The molecule has 0 aliphatic heterocycles. The third-order valence-corrected chi connectivity index (χ3v) is 4.70. The minimum absolute atomic E-state index is 0.827. The van der Waals surface area contributed by atoms with Crippen LogP contribution in [-0.2, 0) is 4.74 Å². The van der Waals surface area contributed by atoms with E-state index >= 15 is 0 Å². The number of pyridine rings is 2. The number of rotatable bonds is 10. The van der Waals surface area contributed by atoms with Gasteiger partial charge in [0.2, 0.25) is 0 Å². The van der Waals surface area contributed by atoms with Gasteiger partial charge in [-0.1, -0.05) is 12.1 Å². The van der Waals surface area contributed by atoms with E-state index in [1.165, 1.54) is 0 Å². The van der Waals surface area contributed by atoms with E-state index in [0.717, 1.165) is 47.6 Å². The molecule has 2 aromatic rings. The molecule has 21 heavy (non-hydrogen) atoms. The molecule has 2 rings (SSSR count). The van der Waals surface area contributed by atoms with E-state index in [2.05, 4.69) is 9.97 Å². The van der Waals surface area contributed by atoms with Gasteiger partial charge in [-0.15, -0.1) is 23.5 Å². The van der Waals surface area contributed by atoms with Gasteiger partial charge in [0.1, 0.15) is 0 Å². The molecule has 0 fully saturated rings. The van der Waals surface area contributed by atoms with Crippen LogP contribution in [0.2, 0.25) is 0 Å². The zero-order chi connectivity index (χ0) is 14.6. The minimum Gasteiger partial charge on any atom is -0.381 e. The van der Waals surface area contributed by atoms with Crippen molar-refractivity contribution in [3.63, 3.8) is 0 Å². The average molecular weight is 320 g/mol. The Morgan fingerprint density at radius 3 is 1.71 bits per heavy atom. The zero-order valence-corrected chi connectivity index (χ0v) is 13.6. The Hall–Kier alpha value is -1.04. The van der Waals surface area contributed by atoms with Gasteiger partial charge in [0.15, 0.2) is 0 Å². The Labute approximate surface area is 134 Å². The van der Waals surface area contributed by atoms with Crippen molar-refractivity contribution >= 4 is 23.5 Å². The number of hydrogen-bond acceptors (Lipinski definition) is 5. The van der Waals surface area contributed by atoms with Crippen LogP contribution in [0.15, 0.2) is 58.8 Å². The van der Waals surface area contributed by atoms with E-state index in [4.69, 9.17) is 4.74 Å². The Bertz CT molecular complexity index is 437. The first-order valence-corrected chi connectivity index (χ1v) is 9.08. The summed E-state index contributed by atoms with van der Waals surface area (Å²) in [6.45, 7) is 1.65. The molecule has 0 aromatic carbocycles. The second-order valence-electron chi connectivity index (χ2n) is 4.35. The Balaban J connectivity index is 1.40. The minimum atomic E-state index is 0.827. The topological polar surface area (TPSA) is 35.0 Å². The highest BCUT2D eigenvalue weighted by atomic mass is 32.2. The number of thioether (sulfide) groups is 2. The predicted octanol–water partition coefficient (Wildman–Crippen LogP) is 4.16. The monoisotopic (exact) mass is 320 g/mol. The van der Waals surface area contributed by atoms with Crippen LogP contribution in [0.4, 0.5) is 0 Å². The fraction of sp³-hybridized carbons (Fsp3) is 0.375. The highest BCUT2D eigenvalue weighted by molar-refractivity contribution is 7.99. The van der Waals surface area contributed by atoms with Gasteiger partial charge < -0.3 is 4.74 Å². The summed E-state index contributed by atoms with van der Waals surface area (Å²) >= 11 is 3.57. The van der Waals surface area contributed by atoms with Crippen LogP contribution < -0.4 is 0 Å². The molecule has 112 valence electrons. The molecule has 0 saturated heterocycles. The largest absolute Gasteiger partial charge is 0.381 e. The number of aromatic nitrogens is 2. The quantitative estimate of drug-likeness (QED) is 0.485.